The van der Waals surface area contributed by atoms with Gasteiger partial charge in [0.15, 0.2) is 0 Å². The zero-order valence-electron chi connectivity index (χ0n) is 27.8. The van der Waals surface area contributed by atoms with E-state index in [1.807, 2.05) is 0 Å². The Kier molecular flexibility index (Phi) is 34.9. The third-order valence-corrected chi connectivity index (χ3v) is 8.87. The Hall–Kier alpha value is -0.160. The molecule has 40 heavy (non-hydrogen) atoms. The molecule has 6 N–H and O–H groups in total. The minimum absolute atomic E-state index is 0.255. The smallest absolute Gasteiger partial charge is 0.0571 e. The first-order valence-corrected chi connectivity index (χ1v) is 18.7. The van der Waals surface area contributed by atoms with Crippen molar-refractivity contribution in [3.05, 3.63) is 0 Å². The summed E-state index contributed by atoms with van der Waals surface area (Å²) in [4.78, 5) is 2.61. The SMILES string of the molecule is CCCCCCCCCCCCCCCCCC(N)N(CCCCCCN)CCCCCCCCCCCCN. The predicted molar refractivity (Wildman–Crippen MR) is 182 cm³/mol. The predicted octanol–water partition coefficient (Wildman–Crippen LogP) is 10.2. The van der Waals surface area contributed by atoms with E-state index in [0.29, 0.717) is 0 Å². The van der Waals surface area contributed by atoms with Crippen molar-refractivity contribution in [2.75, 3.05) is 26.2 Å². The molecule has 0 aromatic heterocycles. The van der Waals surface area contributed by atoms with Crippen LogP contribution in [0.1, 0.15) is 200 Å². The van der Waals surface area contributed by atoms with Crippen molar-refractivity contribution in [2.45, 2.75) is 206 Å². The maximum atomic E-state index is 6.74. The van der Waals surface area contributed by atoms with Crippen LogP contribution >= 0.6 is 0 Å². The van der Waals surface area contributed by atoms with Crippen molar-refractivity contribution >= 4 is 0 Å². The van der Waals surface area contributed by atoms with E-state index in [0.717, 1.165) is 19.5 Å². The lowest BCUT2D eigenvalue weighted by atomic mass is 10.0. The Bertz CT molecular complexity index is 445. The van der Waals surface area contributed by atoms with E-state index in [1.54, 1.807) is 0 Å². The van der Waals surface area contributed by atoms with Gasteiger partial charge in [-0.1, -0.05) is 167 Å². The maximum Gasteiger partial charge on any atom is 0.0571 e. The van der Waals surface area contributed by atoms with E-state index in [4.69, 9.17) is 17.2 Å². The second kappa shape index (κ2) is 35.0. The van der Waals surface area contributed by atoms with Gasteiger partial charge in [0.05, 0.1) is 6.17 Å². The van der Waals surface area contributed by atoms with Gasteiger partial charge >= 0.3 is 0 Å². The zero-order valence-corrected chi connectivity index (χ0v) is 27.8. The largest absolute Gasteiger partial charge is 0.330 e. The maximum absolute atomic E-state index is 6.74. The molecule has 4 nitrogen and oxygen atoms in total. The molecule has 4 heteroatoms. The number of hydrogen-bond acceptors (Lipinski definition) is 4. The topological polar surface area (TPSA) is 81.3 Å². The van der Waals surface area contributed by atoms with Crippen LogP contribution < -0.4 is 17.2 Å². The van der Waals surface area contributed by atoms with Gasteiger partial charge in [-0.25, -0.2) is 0 Å². The first kappa shape index (κ1) is 39.8. The molecule has 0 aliphatic carbocycles. The molecule has 0 spiro atoms. The van der Waals surface area contributed by atoms with Gasteiger partial charge in [0.1, 0.15) is 0 Å². The lowest BCUT2D eigenvalue weighted by Gasteiger charge is -2.29. The van der Waals surface area contributed by atoms with Crippen LogP contribution in [0.2, 0.25) is 0 Å². The monoisotopic (exact) mass is 567 g/mol. The fourth-order valence-corrected chi connectivity index (χ4v) is 6.04. The highest BCUT2D eigenvalue weighted by atomic mass is 15.2. The van der Waals surface area contributed by atoms with Crippen molar-refractivity contribution < 1.29 is 0 Å². The van der Waals surface area contributed by atoms with Gasteiger partial charge < -0.3 is 17.2 Å². The molecule has 0 bridgehead atoms. The molecule has 0 rings (SSSR count). The molecule has 0 saturated carbocycles. The van der Waals surface area contributed by atoms with Gasteiger partial charge in [-0.15, -0.1) is 0 Å². The standard InChI is InChI=1S/C36H78N4/c1-2-3-4-5-6-7-8-9-10-11-12-15-18-21-26-31-36(39)40(35-30-25-23-28-33-38)34-29-24-20-17-14-13-16-19-22-27-32-37/h36H,2-35,37-39H2,1H3. The molecule has 0 aliphatic rings. The molecule has 242 valence electrons. The summed E-state index contributed by atoms with van der Waals surface area (Å²) >= 11 is 0. The summed E-state index contributed by atoms with van der Waals surface area (Å²) in [5, 5.41) is 0. The highest BCUT2D eigenvalue weighted by molar-refractivity contribution is 4.67. The van der Waals surface area contributed by atoms with Crippen LogP contribution in [0.25, 0.3) is 0 Å². The molecule has 0 aromatic rings. The summed E-state index contributed by atoms with van der Waals surface area (Å²) < 4.78 is 0. The zero-order chi connectivity index (χ0) is 29.2. The van der Waals surface area contributed by atoms with Crippen LogP contribution in [-0.4, -0.2) is 37.2 Å². The van der Waals surface area contributed by atoms with E-state index in [2.05, 4.69) is 11.8 Å². The van der Waals surface area contributed by atoms with Crippen molar-refractivity contribution in [1.29, 1.82) is 0 Å². The molecule has 1 atom stereocenters. The first-order chi connectivity index (χ1) is 19.8. The Labute approximate surface area is 253 Å². The molecule has 0 amide bonds. The second-order valence-electron chi connectivity index (χ2n) is 12.9. The summed E-state index contributed by atoms with van der Waals surface area (Å²) in [5.41, 5.74) is 18.0. The van der Waals surface area contributed by atoms with Crippen molar-refractivity contribution in [2.24, 2.45) is 17.2 Å². The highest BCUT2D eigenvalue weighted by Gasteiger charge is 2.13. The molecule has 0 radical (unpaired) electrons. The fraction of sp³-hybridized carbons (Fsp3) is 1.00. The van der Waals surface area contributed by atoms with Crippen molar-refractivity contribution in [3.63, 3.8) is 0 Å². The molecular formula is C36H78N4. The number of rotatable bonds is 35. The van der Waals surface area contributed by atoms with Crippen molar-refractivity contribution in [3.8, 4) is 0 Å². The lowest BCUT2D eigenvalue weighted by molar-refractivity contribution is 0.179. The summed E-state index contributed by atoms with van der Waals surface area (Å²) in [6.07, 6.45) is 41.4. The molecule has 0 heterocycles. The summed E-state index contributed by atoms with van der Waals surface area (Å²) in [6.45, 7) is 6.35. The third kappa shape index (κ3) is 30.8. The molecule has 0 fully saturated rings. The lowest BCUT2D eigenvalue weighted by Crippen LogP contribution is -2.43. The molecule has 1 unspecified atom stereocenters. The second-order valence-corrected chi connectivity index (χ2v) is 12.9. The highest BCUT2D eigenvalue weighted by Crippen LogP contribution is 2.16. The Morgan fingerprint density at radius 1 is 0.375 bits per heavy atom. The van der Waals surface area contributed by atoms with Gasteiger partial charge in [-0.2, -0.15) is 0 Å². The first-order valence-electron chi connectivity index (χ1n) is 18.7. The van der Waals surface area contributed by atoms with E-state index < -0.39 is 0 Å². The minimum atomic E-state index is 0.255. The van der Waals surface area contributed by atoms with Crippen molar-refractivity contribution in [1.82, 2.24) is 4.90 Å². The van der Waals surface area contributed by atoms with Crippen LogP contribution in [0.4, 0.5) is 0 Å². The Morgan fingerprint density at radius 2 is 0.650 bits per heavy atom. The number of unbranched alkanes of at least 4 members (excludes halogenated alkanes) is 26. The number of nitrogens with zero attached hydrogens (tertiary/aromatic N) is 1. The van der Waals surface area contributed by atoms with Crippen LogP contribution in [0, 0.1) is 0 Å². The Balaban J connectivity index is 3.83. The van der Waals surface area contributed by atoms with Crippen LogP contribution in [0.3, 0.4) is 0 Å². The summed E-state index contributed by atoms with van der Waals surface area (Å²) in [5.74, 6) is 0. The average Bonchev–Trinajstić information content (AvgIpc) is 2.96. The van der Waals surface area contributed by atoms with E-state index >= 15 is 0 Å². The number of nitrogens with two attached hydrogens (primary N) is 3. The van der Waals surface area contributed by atoms with Gasteiger partial charge in [0.25, 0.3) is 0 Å². The molecule has 0 saturated heterocycles. The van der Waals surface area contributed by atoms with Crippen LogP contribution in [-0.2, 0) is 0 Å². The fourth-order valence-electron chi connectivity index (χ4n) is 6.04. The van der Waals surface area contributed by atoms with Gasteiger partial charge in [0.2, 0.25) is 0 Å². The third-order valence-electron chi connectivity index (χ3n) is 8.87. The minimum Gasteiger partial charge on any atom is -0.330 e. The quantitative estimate of drug-likeness (QED) is 0.0526. The molecule has 0 aromatic carbocycles. The summed E-state index contributed by atoms with van der Waals surface area (Å²) in [6, 6.07) is 0. The van der Waals surface area contributed by atoms with Crippen LogP contribution in [0.15, 0.2) is 0 Å². The molecular weight excluding hydrogens is 488 g/mol. The Morgan fingerprint density at radius 3 is 0.975 bits per heavy atom. The van der Waals surface area contributed by atoms with E-state index in [1.165, 1.54) is 199 Å². The average molecular weight is 567 g/mol. The van der Waals surface area contributed by atoms with Crippen LogP contribution in [0.5, 0.6) is 0 Å². The van der Waals surface area contributed by atoms with Gasteiger partial charge in [0, 0.05) is 0 Å². The molecule has 0 aliphatic heterocycles. The summed E-state index contributed by atoms with van der Waals surface area (Å²) in [7, 11) is 0. The van der Waals surface area contributed by atoms with E-state index in [-0.39, 0.29) is 6.17 Å². The van der Waals surface area contributed by atoms with Gasteiger partial charge in [-0.3, -0.25) is 4.90 Å². The van der Waals surface area contributed by atoms with E-state index in [9.17, 15) is 0 Å². The van der Waals surface area contributed by atoms with Gasteiger partial charge in [-0.05, 0) is 58.3 Å². The normalized spacial score (nSPS) is 12.5. The number of hydrogen-bond donors (Lipinski definition) is 3.